The summed E-state index contributed by atoms with van der Waals surface area (Å²) in [5.41, 5.74) is 1.70. The number of aliphatic carboxylic acids is 1. The quantitative estimate of drug-likeness (QED) is 0.389. The predicted octanol–water partition coefficient (Wildman–Crippen LogP) is 5.27. The molecule has 4 aliphatic rings. The molecule has 2 aliphatic carbocycles. The zero-order chi connectivity index (χ0) is 29.6. The Morgan fingerprint density at radius 3 is 2.76 bits per heavy atom. The van der Waals surface area contributed by atoms with E-state index in [2.05, 4.69) is 23.6 Å². The Balaban J connectivity index is 1.46. The van der Waals surface area contributed by atoms with Crippen molar-refractivity contribution in [3.63, 3.8) is 0 Å². The molecule has 0 unspecified atom stereocenters. The van der Waals surface area contributed by atoms with E-state index >= 15 is 0 Å². The lowest BCUT2D eigenvalue weighted by Gasteiger charge is -2.45. The van der Waals surface area contributed by atoms with Crippen LogP contribution in [0.2, 0.25) is 5.02 Å². The first-order valence-corrected chi connectivity index (χ1v) is 15.5. The van der Waals surface area contributed by atoms with Crippen molar-refractivity contribution in [1.82, 2.24) is 4.90 Å². The molecule has 2 aromatic carbocycles. The van der Waals surface area contributed by atoms with Crippen LogP contribution in [0.1, 0.15) is 55.2 Å². The van der Waals surface area contributed by atoms with Gasteiger partial charge in [0.25, 0.3) is 0 Å². The van der Waals surface area contributed by atoms with Crippen LogP contribution < -0.4 is 9.64 Å². The van der Waals surface area contributed by atoms with E-state index in [9.17, 15) is 20.1 Å². The van der Waals surface area contributed by atoms with Crippen molar-refractivity contribution in [2.75, 3.05) is 38.2 Å². The number of hydrogen-bond acceptors (Lipinski definition) is 6. The van der Waals surface area contributed by atoms with E-state index in [1.807, 2.05) is 36.2 Å². The summed E-state index contributed by atoms with van der Waals surface area (Å²) in [6, 6.07) is 11.5. The third-order valence-corrected chi connectivity index (χ3v) is 10.5. The van der Waals surface area contributed by atoms with Crippen molar-refractivity contribution in [3.8, 4) is 5.75 Å². The van der Waals surface area contributed by atoms with Crippen molar-refractivity contribution >= 4 is 23.3 Å². The van der Waals surface area contributed by atoms with Crippen LogP contribution in [0.3, 0.4) is 0 Å². The molecular formula is C34H41ClN2O5. The minimum absolute atomic E-state index is 0.155. The Morgan fingerprint density at radius 1 is 1.17 bits per heavy atom. The maximum atomic E-state index is 12.6. The van der Waals surface area contributed by atoms with Crippen LogP contribution >= 0.6 is 11.6 Å². The molecule has 42 heavy (non-hydrogen) atoms. The highest BCUT2D eigenvalue weighted by atomic mass is 35.5. The third kappa shape index (κ3) is 5.20. The van der Waals surface area contributed by atoms with Gasteiger partial charge in [-0.05, 0) is 91.3 Å². The van der Waals surface area contributed by atoms with E-state index in [1.54, 1.807) is 12.1 Å². The molecule has 1 spiro atoms. The molecular weight excluding hydrogens is 552 g/mol. The fraction of sp³-hybridized carbons (Fsp3) is 0.500. The number of aliphatic hydroxyl groups is 2. The molecule has 1 saturated carbocycles. The van der Waals surface area contributed by atoms with Crippen LogP contribution in [0.15, 0.2) is 60.8 Å². The number of hydrogen-bond donors (Lipinski definition) is 3. The predicted molar refractivity (Wildman–Crippen MR) is 164 cm³/mol. The van der Waals surface area contributed by atoms with Gasteiger partial charge in [0.1, 0.15) is 5.75 Å². The van der Waals surface area contributed by atoms with E-state index in [0.717, 1.165) is 49.4 Å². The Kier molecular flexibility index (Phi) is 7.79. The summed E-state index contributed by atoms with van der Waals surface area (Å²) in [7, 11) is 1.83. The van der Waals surface area contributed by atoms with Crippen LogP contribution in [0.25, 0.3) is 0 Å². The number of nitrogens with zero attached hydrogens (tertiary/aromatic N) is 2. The van der Waals surface area contributed by atoms with E-state index in [4.69, 9.17) is 16.3 Å². The zero-order valence-electron chi connectivity index (χ0n) is 24.3. The number of anilines is 1. The number of likely N-dealkylation sites (N-methyl/N-ethyl adjacent to an activating group) is 1. The molecule has 0 radical (unpaired) electrons. The van der Waals surface area contributed by atoms with E-state index < -0.39 is 17.7 Å². The molecule has 8 heteroatoms. The van der Waals surface area contributed by atoms with Crippen LogP contribution in [0.5, 0.6) is 5.75 Å². The van der Waals surface area contributed by atoms with E-state index in [1.165, 1.54) is 11.1 Å². The van der Waals surface area contributed by atoms with Gasteiger partial charge in [-0.1, -0.05) is 42.5 Å². The first-order chi connectivity index (χ1) is 20.1. The summed E-state index contributed by atoms with van der Waals surface area (Å²) >= 11 is 6.40. The molecule has 2 aromatic rings. The van der Waals surface area contributed by atoms with Gasteiger partial charge < -0.3 is 29.9 Å². The maximum Gasteiger partial charge on any atom is 0.340 e. The third-order valence-electron chi connectivity index (χ3n) is 10.2. The lowest BCUT2D eigenvalue weighted by atomic mass is 9.68. The first-order valence-electron chi connectivity index (χ1n) is 15.1. The molecule has 2 bridgehead atoms. The Hall–Kier alpha value is -3.00. The van der Waals surface area contributed by atoms with Gasteiger partial charge in [0.05, 0.1) is 18.4 Å². The summed E-state index contributed by atoms with van der Waals surface area (Å²) in [4.78, 5) is 16.8. The highest BCUT2D eigenvalue weighted by Crippen LogP contribution is 2.47. The van der Waals surface area contributed by atoms with Crippen molar-refractivity contribution in [3.05, 3.63) is 82.5 Å². The first kappa shape index (κ1) is 29.1. The Bertz CT molecular complexity index is 1410. The second kappa shape index (κ2) is 11.3. The number of benzene rings is 2. The molecule has 2 heterocycles. The fourth-order valence-corrected chi connectivity index (χ4v) is 7.68. The van der Waals surface area contributed by atoms with Crippen molar-refractivity contribution in [2.45, 2.75) is 62.1 Å². The molecule has 2 aliphatic heterocycles. The van der Waals surface area contributed by atoms with Crippen LogP contribution in [0.4, 0.5) is 5.69 Å². The summed E-state index contributed by atoms with van der Waals surface area (Å²) in [6.45, 7) is 6.52. The number of halogens is 1. The minimum atomic E-state index is -2.15. The fourth-order valence-electron chi connectivity index (χ4n) is 7.49. The summed E-state index contributed by atoms with van der Waals surface area (Å²) in [5, 5.41) is 33.9. The minimum Gasteiger partial charge on any atom is -0.490 e. The molecule has 0 saturated heterocycles. The molecule has 7 nitrogen and oxygen atoms in total. The van der Waals surface area contributed by atoms with Crippen molar-refractivity contribution < 1.29 is 24.9 Å². The Morgan fingerprint density at radius 2 is 2.00 bits per heavy atom. The molecule has 224 valence electrons. The molecule has 3 N–H and O–H groups in total. The molecule has 5 atom stereocenters. The lowest BCUT2D eigenvalue weighted by molar-refractivity contribution is -0.160. The van der Waals surface area contributed by atoms with Crippen LogP contribution in [-0.2, 0) is 22.2 Å². The van der Waals surface area contributed by atoms with Crippen LogP contribution in [0, 0.1) is 11.8 Å². The summed E-state index contributed by atoms with van der Waals surface area (Å²) < 4.78 is 6.57. The van der Waals surface area contributed by atoms with Crippen molar-refractivity contribution in [2.24, 2.45) is 11.8 Å². The van der Waals surface area contributed by atoms with Gasteiger partial charge in [-0.25, -0.2) is 4.79 Å². The highest BCUT2D eigenvalue weighted by molar-refractivity contribution is 6.30. The maximum absolute atomic E-state index is 12.6. The van der Waals surface area contributed by atoms with Gasteiger partial charge in [0.15, 0.2) is 5.60 Å². The number of aliphatic hydroxyl groups excluding tert-OH is 1. The summed E-state index contributed by atoms with van der Waals surface area (Å²) in [6.07, 6.45) is 8.95. The number of carbonyl (C=O) groups is 1. The SMILES string of the molecule is C=C1C[C@@](O)(C(=O)O)c2ccc3c(c2)N(C[C@@H]2CC[C@H]2[C@@H](O)C/C=C/CN1C)C[C@@]1(CCCc2cc(Cl)ccc21)CO3. The van der Waals surface area contributed by atoms with Gasteiger partial charge in [0, 0.05) is 49.2 Å². The second-order valence-corrected chi connectivity index (χ2v) is 13.3. The topological polar surface area (TPSA) is 93.5 Å². The second-order valence-electron chi connectivity index (χ2n) is 12.9. The number of carboxylic acids is 1. The molecule has 0 amide bonds. The van der Waals surface area contributed by atoms with E-state index in [-0.39, 0.29) is 17.8 Å². The van der Waals surface area contributed by atoms with Gasteiger partial charge in [0.2, 0.25) is 0 Å². The number of rotatable bonds is 1. The number of fused-ring (bicyclic) bond motifs is 4. The average molecular weight is 593 g/mol. The number of aryl methyl sites for hydroxylation is 1. The van der Waals surface area contributed by atoms with Crippen LogP contribution in [-0.4, -0.2) is 65.6 Å². The Labute approximate surface area is 253 Å². The molecule has 1 fully saturated rings. The molecule has 0 aromatic heterocycles. The van der Waals surface area contributed by atoms with Gasteiger partial charge in [-0.15, -0.1) is 0 Å². The monoisotopic (exact) mass is 592 g/mol. The lowest BCUT2D eigenvalue weighted by Crippen LogP contribution is -2.49. The molecule has 6 rings (SSSR count). The number of carboxylic acid groups (broad SMARTS) is 1. The standard InChI is InChI=1S/C34H41ClN2O5/c1-22-18-34(41,32(39)40)25-9-13-31-29(17-25)37(19-24-8-11-27(24)30(38)7-3-4-15-36(22)2)20-33(21-42-31)14-5-6-23-16-26(35)10-12-28(23)33/h3-4,9-10,12-13,16-17,24,27,30,38,41H,1,5-8,11,14-15,18-21H2,2H3,(H,39,40)/b4-3+/t24-,27+,30-,33-,34-/m0/s1. The van der Waals surface area contributed by atoms with Gasteiger partial charge in [-0.2, -0.15) is 0 Å². The van der Waals surface area contributed by atoms with Gasteiger partial charge in [-0.3, -0.25) is 0 Å². The highest BCUT2D eigenvalue weighted by Gasteiger charge is 2.45. The normalized spacial score (nSPS) is 32.2. The average Bonchev–Trinajstić information content (AvgIpc) is 3.09. The van der Waals surface area contributed by atoms with Crippen molar-refractivity contribution in [1.29, 1.82) is 0 Å². The number of ether oxygens (including phenoxy) is 1. The largest absolute Gasteiger partial charge is 0.490 e. The van der Waals surface area contributed by atoms with Gasteiger partial charge >= 0.3 is 5.97 Å². The summed E-state index contributed by atoms with van der Waals surface area (Å²) in [5.74, 6) is -0.148. The van der Waals surface area contributed by atoms with E-state index in [0.29, 0.717) is 49.0 Å². The zero-order valence-corrected chi connectivity index (χ0v) is 25.0. The smallest absolute Gasteiger partial charge is 0.340 e.